The summed E-state index contributed by atoms with van der Waals surface area (Å²) in [4.78, 5) is 2.09. The second-order valence-electron chi connectivity index (χ2n) is 4.83. The number of hydrogen-bond donors (Lipinski definition) is 3. The highest BCUT2D eigenvalue weighted by atomic mass is 35.5. The van der Waals surface area contributed by atoms with Gasteiger partial charge in [0.25, 0.3) is 0 Å². The van der Waals surface area contributed by atoms with Crippen molar-refractivity contribution in [1.82, 2.24) is 10.3 Å². The molecule has 0 bridgehead atoms. The third kappa shape index (κ3) is 5.66. The van der Waals surface area contributed by atoms with E-state index < -0.39 is 0 Å². The highest BCUT2D eigenvalue weighted by molar-refractivity contribution is 7.80. The van der Waals surface area contributed by atoms with Gasteiger partial charge in [0.15, 0.2) is 10.9 Å². The van der Waals surface area contributed by atoms with Crippen LogP contribution in [0.1, 0.15) is 6.92 Å². The van der Waals surface area contributed by atoms with Gasteiger partial charge in [0.1, 0.15) is 5.71 Å². The van der Waals surface area contributed by atoms with Crippen molar-refractivity contribution in [1.29, 1.82) is 0 Å². The van der Waals surface area contributed by atoms with E-state index in [1.54, 1.807) is 12.1 Å². The molecule has 1 aliphatic heterocycles. The number of halogens is 1. The van der Waals surface area contributed by atoms with Gasteiger partial charge in [-0.3, -0.25) is 10.9 Å². The van der Waals surface area contributed by atoms with E-state index in [4.69, 9.17) is 34.3 Å². The van der Waals surface area contributed by atoms with E-state index in [2.05, 4.69) is 26.0 Å². The molecule has 1 aliphatic rings. The number of ether oxygens (including phenoxy) is 1. The summed E-state index contributed by atoms with van der Waals surface area (Å²) in [6.45, 7) is 4.61. The van der Waals surface area contributed by atoms with Gasteiger partial charge in [0.2, 0.25) is 0 Å². The maximum atomic E-state index is 5.88. The second kappa shape index (κ2) is 8.66. The van der Waals surface area contributed by atoms with Gasteiger partial charge in [-0.2, -0.15) is 10.2 Å². The number of morpholine rings is 1. The molecule has 0 atom stereocenters. The number of nitrogens with one attached hydrogen (secondary N) is 2. The predicted octanol–water partition coefficient (Wildman–Crippen LogP) is 1.61. The SMILES string of the molecule is CC(=N\NC(N)=S)/C(=N/Nc1ccc(Cl)cc1)N1CCOCC1. The summed E-state index contributed by atoms with van der Waals surface area (Å²) in [7, 11) is 0. The highest BCUT2D eigenvalue weighted by Gasteiger charge is 2.18. The lowest BCUT2D eigenvalue weighted by atomic mass is 10.3. The van der Waals surface area contributed by atoms with E-state index in [1.807, 2.05) is 19.1 Å². The molecule has 0 saturated carbocycles. The van der Waals surface area contributed by atoms with Crippen LogP contribution >= 0.6 is 23.8 Å². The Hall–Kier alpha value is -1.90. The topological polar surface area (TPSA) is 87.3 Å². The van der Waals surface area contributed by atoms with Crippen molar-refractivity contribution in [3.63, 3.8) is 0 Å². The first kappa shape index (κ1) is 17.5. The number of benzene rings is 1. The predicted molar refractivity (Wildman–Crippen MR) is 97.9 cm³/mol. The average molecular weight is 355 g/mol. The number of hydrogen-bond acceptors (Lipinski definition) is 5. The number of thiocarbonyl (C=S) groups is 1. The molecule has 1 aromatic rings. The fourth-order valence-electron chi connectivity index (χ4n) is 1.99. The molecule has 9 heteroatoms. The zero-order valence-electron chi connectivity index (χ0n) is 12.8. The normalized spacial score (nSPS) is 16.2. The van der Waals surface area contributed by atoms with Crippen LogP contribution < -0.4 is 16.6 Å². The lowest BCUT2D eigenvalue weighted by molar-refractivity contribution is 0.0688. The number of anilines is 1. The highest BCUT2D eigenvalue weighted by Crippen LogP contribution is 2.13. The molecule has 2 rings (SSSR count). The van der Waals surface area contributed by atoms with Gasteiger partial charge in [0.05, 0.1) is 18.9 Å². The molecule has 4 N–H and O–H groups in total. The Morgan fingerprint density at radius 3 is 2.52 bits per heavy atom. The molecular formula is C14H19ClN6OS. The maximum absolute atomic E-state index is 5.88. The fourth-order valence-corrected chi connectivity index (χ4v) is 2.16. The van der Waals surface area contributed by atoms with Crippen LogP contribution in [0.3, 0.4) is 0 Å². The number of nitrogens with two attached hydrogens (primary N) is 1. The third-order valence-corrected chi connectivity index (χ3v) is 3.45. The van der Waals surface area contributed by atoms with Gasteiger partial charge < -0.3 is 15.4 Å². The molecular weight excluding hydrogens is 336 g/mol. The van der Waals surface area contributed by atoms with Crippen LogP contribution in [0.4, 0.5) is 5.69 Å². The smallest absolute Gasteiger partial charge is 0.184 e. The summed E-state index contributed by atoms with van der Waals surface area (Å²) in [6.07, 6.45) is 0. The van der Waals surface area contributed by atoms with Crippen molar-refractivity contribution >= 4 is 46.2 Å². The van der Waals surface area contributed by atoms with Crippen LogP contribution in [-0.4, -0.2) is 47.9 Å². The summed E-state index contributed by atoms with van der Waals surface area (Å²) in [5, 5.41) is 9.40. The zero-order valence-corrected chi connectivity index (χ0v) is 14.3. The Balaban J connectivity index is 2.17. The summed E-state index contributed by atoms with van der Waals surface area (Å²) < 4.78 is 5.38. The van der Waals surface area contributed by atoms with Crippen molar-refractivity contribution in [2.75, 3.05) is 31.7 Å². The zero-order chi connectivity index (χ0) is 16.7. The standard InChI is InChI=1S/C14H19ClN6OS/c1-10(17-20-14(16)23)13(21-6-8-22-9-7-21)19-18-12-4-2-11(15)3-5-12/h2-5,18H,6-9H2,1H3,(H3,16,20,23)/b17-10+,19-13-. The Bertz CT molecular complexity index is 598. The summed E-state index contributed by atoms with van der Waals surface area (Å²) in [5.41, 5.74) is 12.5. The van der Waals surface area contributed by atoms with Gasteiger partial charge >= 0.3 is 0 Å². The lowest BCUT2D eigenvalue weighted by Crippen LogP contribution is -2.44. The molecule has 1 aromatic carbocycles. The van der Waals surface area contributed by atoms with Crippen molar-refractivity contribution in [2.45, 2.75) is 6.92 Å². The van der Waals surface area contributed by atoms with E-state index in [-0.39, 0.29) is 5.11 Å². The first-order chi connectivity index (χ1) is 11.1. The molecule has 0 radical (unpaired) electrons. The van der Waals surface area contributed by atoms with Gasteiger partial charge in [-0.1, -0.05) is 11.6 Å². The van der Waals surface area contributed by atoms with Crippen LogP contribution in [0.2, 0.25) is 5.02 Å². The molecule has 7 nitrogen and oxygen atoms in total. The number of rotatable bonds is 4. The Morgan fingerprint density at radius 1 is 1.26 bits per heavy atom. The minimum atomic E-state index is 0.108. The van der Waals surface area contributed by atoms with Gasteiger partial charge in [-0.15, -0.1) is 0 Å². The van der Waals surface area contributed by atoms with Gasteiger partial charge in [0, 0.05) is 18.1 Å². The first-order valence-corrected chi connectivity index (χ1v) is 7.87. The Labute approximate surface area is 145 Å². The van der Waals surface area contributed by atoms with Crippen LogP contribution in [0.15, 0.2) is 34.5 Å². The van der Waals surface area contributed by atoms with Crippen LogP contribution in [-0.2, 0) is 4.74 Å². The minimum Gasteiger partial charge on any atom is -0.378 e. The third-order valence-electron chi connectivity index (χ3n) is 3.10. The lowest BCUT2D eigenvalue weighted by Gasteiger charge is -2.29. The largest absolute Gasteiger partial charge is 0.378 e. The molecule has 23 heavy (non-hydrogen) atoms. The minimum absolute atomic E-state index is 0.108. The number of hydrazone groups is 2. The summed E-state index contributed by atoms with van der Waals surface area (Å²) in [6, 6.07) is 7.29. The van der Waals surface area contributed by atoms with Gasteiger partial charge in [-0.25, -0.2) is 0 Å². The van der Waals surface area contributed by atoms with E-state index in [1.165, 1.54) is 0 Å². The maximum Gasteiger partial charge on any atom is 0.184 e. The Kier molecular flexibility index (Phi) is 6.57. The van der Waals surface area contributed by atoms with Crippen molar-refractivity contribution in [2.24, 2.45) is 15.9 Å². The molecule has 1 fully saturated rings. The second-order valence-corrected chi connectivity index (χ2v) is 5.70. The van der Waals surface area contributed by atoms with E-state index in [0.717, 1.165) is 18.8 Å². The van der Waals surface area contributed by atoms with Crippen molar-refractivity contribution < 1.29 is 4.74 Å². The average Bonchev–Trinajstić information content (AvgIpc) is 2.56. The van der Waals surface area contributed by atoms with Crippen LogP contribution in [0.25, 0.3) is 0 Å². The molecule has 1 heterocycles. The van der Waals surface area contributed by atoms with E-state index >= 15 is 0 Å². The molecule has 1 saturated heterocycles. The molecule has 0 amide bonds. The Morgan fingerprint density at radius 2 is 1.91 bits per heavy atom. The summed E-state index contributed by atoms with van der Waals surface area (Å²) >= 11 is 10.6. The van der Waals surface area contributed by atoms with Crippen LogP contribution in [0, 0.1) is 0 Å². The summed E-state index contributed by atoms with van der Waals surface area (Å²) in [5.74, 6) is 0.701. The number of amidine groups is 1. The molecule has 124 valence electrons. The molecule has 0 unspecified atom stereocenters. The van der Waals surface area contributed by atoms with Crippen molar-refractivity contribution in [3.8, 4) is 0 Å². The number of nitrogens with zero attached hydrogens (tertiary/aromatic N) is 3. The fraction of sp³-hybridized carbons (Fsp3) is 0.357. The molecule has 0 aliphatic carbocycles. The molecule has 0 spiro atoms. The van der Waals surface area contributed by atoms with E-state index in [0.29, 0.717) is 29.8 Å². The van der Waals surface area contributed by atoms with Gasteiger partial charge in [-0.05, 0) is 43.4 Å². The van der Waals surface area contributed by atoms with Crippen molar-refractivity contribution in [3.05, 3.63) is 29.3 Å². The monoisotopic (exact) mass is 354 g/mol. The van der Waals surface area contributed by atoms with Crippen LogP contribution in [0.5, 0.6) is 0 Å². The first-order valence-electron chi connectivity index (χ1n) is 7.08. The quantitative estimate of drug-likeness (QED) is 0.329. The van der Waals surface area contributed by atoms with E-state index in [9.17, 15) is 0 Å². The molecule has 0 aromatic heterocycles.